The van der Waals surface area contributed by atoms with Gasteiger partial charge in [-0.25, -0.2) is 4.98 Å². The highest BCUT2D eigenvalue weighted by Crippen LogP contribution is 2.43. The molecule has 0 saturated heterocycles. The fourth-order valence-corrected chi connectivity index (χ4v) is 9.14. The molecule has 0 saturated carbocycles. The Morgan fingerprint density at radius 2 is 1.06 bits per heavy atom. The Morgan fingerprint density at radius 1 is 0.460 bits per heavy atom. The van der Waals surface area contributed by atoms with Crippen molar-refractivity contribution >= 4 is 33.2 Å². The molecule has 5 heteroatoms. The second-order valence-electron chi connectivity index (χ2n) is 20.3. The molecule has 0 spiro atoms. The van der Waals surface area contributed by atoms with Crippen molar-refractivity contribution in [3.63, 3.8) is 0 Å². The minimum Gasteiger partial charge on any atom is -0.457 e. The zero-order valence-electron chi connectivity index (χ0n) is 38.6. The molecule has 0 atom stereocenters. The molecule has 0 aliphatic carbocycles. The number of ether oxygens (including phenoxy) is 1. The first kappa shape index (κ1) is 41.7. The van der Waals surface area contributed by atoms with Gasteiger partial charge in [-0.15, -0.1) is 0 Å². The summed E-state index contributed by atoms with van der Waals surface area (Å²) in [5, 5.41) is 2.34. The monoisotopic (exact) mass is 828 g/mol. The molecule has 5 nitrogen and oxygen atoms in total. The van der Waals surface area contributed by atoms with Gasteiger partial charge in [-0.2, -0.15) is 0 Å². The zero-order valence-corrected chi connectivity index (χ0v) is 38.6. The summed E-state index contributed by atoms with van der Waals surface area (Å²) >= 11 is 0. The lowest BCUT2D eigenvalue weighted by Crippen LogP contribution is -2.31. The first-order valence-corrected chi connectivity index (χ1v) is 22.3. The van der Waals surface area contributed by atoms with Crippen LogP contribution in [0.4, 0.5) is 11.4 Å². The fraction of sp³-hybridized carbons (Fsp3) is 0.259. The molecule has 63 heavy (non-hydrogen) atoms. The number of allylic oxidation sites excluding steroid dienone is 1. The summed E-state index contributed by atoms with van der Waals surface area (Å²) in [6.07, 6.45) is 4.29. The molecule has 6 aromatic carbocycles. The van der Waals surface area contributed by atoms with Crippen molar-refractivity contribution in [2.24, 2.45) is 5.41 Å². The Labute approximate surface area is 374 Å². The van der Waals surface area contributed by atoms with Crippen LogP contribution in [-0.4, -0.2) is 16.2 Å². The van der Waals surface area contributed by atoms with E-state index >= 15 is 0 Å². The predicted octanol–water partition coefficient (Wildman–Crippen LogP) is 15.1. The molecule has 0 amide bonds. The molecule has 0 fully saturated rings. The summed E-state index contributed by atoms with van der Waals surface area (Å²) in [6, 6.07) is 56.8. The molecule has 3 heterocycles. The Bertz CT molecular complexity index is 2980. The van der Waals surface area contributed by atoms with Crippen LogP contribution in [0.25, 0.3) is 27.6 Å². The van der Waals surface area contributed by atoms with Gasteiger partial charge >= 0.3 is 0 Å². The molecule has 0 bridgehead atoms. The van der Waals surface area contributed by atoms with Crippen LogP contribution in [0.2, 0.25) is 0 Å². The number of nitrogens with zero attached hydrogens (tertiary/aromatic N) is 4. The number of aromatic nitrogens is 2. The van der Waals surface area contributed by atoms with Gasteiger partial charge in [-0.1, -0.05) is 160 Å². The van der Waals surface area contributed by atoms with Crippen molar-refractivity contribution in [1.82, 2.24) is 9.55 Å². The van der Waals surface area contributed by atoms with E-state index in [9.17, 15) is 0 Å². The van der Waals surface area contributed by atoms with Gasteiger partial charge in [0.15, 0.2) is 0 Å². The minimum absolute atomic E-state index is 0.114. The van der Waals surface area contributed by atoms with Gasteiger partial charge in [-0.3, -0.25) is 4.57 Å². The maximum atomic E-state index is 6.98. The van der Waals surface area contributed by atoms with Gasteiger partial charge in [-0.05, 0) is 87.8 Å². The molecule has 9 rings (SSSR count). The molecular formula is C58H60N4O. The van der Waals surface area contributed by atoms with Gasteiger partial charge in [0.25, 0.3) is 0 Å². The standard InChI is InChI=1S/C58H60N4O/c1-55(2,3)44-33-46(61-39-60(38-53(61)56(4,5)6)45-25-19-24-42(32-45)57(7,8)40-20-13-11-14-21-40)36-48(34-44)63-47-28-29-50-49-26-17-18-27-51(49)62(52(50)37-47)54-35-43(30-31-59-54)58(9,10)41-22-15-12-16-23-41/h11-38H,39H2,1-10H3. The molecular weight excluding hydrogens is 769 g/mol. The number of benzene rings is 6. The fourth-order valence-electron chi connectivity index (χ4n) is 9.14. The summed E-state index contributed by atoms with van der Waals surface area (Å²) in [5.74, 6) is 2.46. The van der Waals surface area contributed by atoms with E-state index in [1.165, 1.54) is 44.6 Å². The van der Waals surface area contributed by atoms with E-state index in [1.54, 1.807) is 0 Å². The third kappa shape index (κ3) is 7.90. The molecule has 2 aromatic heterocycles. The van der Waals surface area contributed by atoms with Crippen LogP contribution in [0.1, 0.15) is 97.1 Å². The summed E-state index contributed by atoms with van der Waals surface area (Å²) in [7, 11) is 0. The molecule has 8 aromatic rings. The van der Waals surface area contributed by atoms with Crippen LogP contribution in [0.15, 0.2) is 176 Å². The van der Waals surface area contributed by atoms with Crippen LogP contribution in [-0.2, 0) is 16.2 Å². The van der Waals surface area contributed by atoms with Crippen molar-refractivity contribution in [1.29, 1.82) is 0 Å². The lowest BCUT2D eigenvalue weighted by Gasteiger charge is -2.32. The van der Waals surface area contributed by atoms with Crippen LogP contribution in [0, 0.1) is 5.41 Å². The first-order valence-electron chi connectivity index (χ1n) is 22.3. The van der Waals surface area contributed by atoms with Crippen molar-refractivity contribution in [2.75, 3.05) is 16.5 Å². The normalized spacial score (nSPS) is 13.8. The smallest absolute Gasteiger partial charge is 0.137 e. The van der Waals surface area contributed by atoms with E-state index in [-0.39, 0.29) is 21.7 Å². The quantitative estimate of drug-likeness (QED) is 0.145. The average Bonchev–Trinajstić information content (AvgIpc) is 3.88. The Hall–Kier alpha value is -6.59. The van der Waals surface area contributed by atoms with Gasteiger partial charge in [0.05, 0.1) is 17.7 Å². The van der Waals surface area contributed by atoms with Crippen molar-refractivity contribution in [2.45, 2.75) is 85.5 Å². The first-order chi connectivity index (χ1) is 30.0. The number of anilines is 2. The number of fused-ring (bicyclic) bond motifs is 3. The topological polar surface area (TPSA) is 33.5 Å². The minimum atomic E-state index is -0.209. The van der Waals surface area contributed by atoms with Crippen molar-refractivity contribution in [3.8, 4) is 17.3 Å². The van der Waals surface area contributed by atoms with E-state index < -0.39 is 0 Å². The average molecular weight is 829 g/mol. The Morgan fingerprint density at radius 3 is 1.73 bits per heavy atom. The maximum absolute atomic E-state index is 6.98. The van der Waals surface area contributed by atoms with E-state index in [0.29, 0.717) is 6.67 Å². The number of hydrogen-bond donors (Lipinski definition) is 0. The summed E-state index contributed by atoms with van der Waals surface area (Å²) < 4.78 is 9.27. The van der Waals surface area contributed by atoms with Gasteiger partial charge in [0, 0.05) is 68.6 Å². The molecule has 1 aliphatic rings. The third-order valence-electron chi connectivity index (χ3n) is 13.2. The molecule has 318 valence electrons. The van der Waals surface area contributed by atoms with Crippen LogP contribution >= 0.6 is 0 Å². The molecule has 0 radical (unpaired) electrons. The number of para-hydroxylation sites is 1. The Kier molecular flexibility index (Phi) is 10.4. The van der Waals surface area contributed by atoms with Gasteiger partial charge in [0.2, 0.25) is 0 Å². The Balaban J connectivity index is 1.09. The van der Waals surface area contributed by atoms with E-state index in [2.05, 4.69) is 248 Å². The summed E-state index contributed by atoms with van der Waals surface area (Å²) in [6.45, 7) is 23.6. The van der Waals surface area contributed by atoms with Gasteiger partial charge in [0.1, 0.15) is 17.3 Å². The molecule has 0 N–H and O–H groups in total. The third-order valence-corrected chi connectivity index (χ3v) is 13.2. The van der Waals surface area contributed by atoms with Crippen molar-refractivity contribution < 1.29 is 4.74 Å². The number of pyridine rings is 1. The molecule has 1 aliphatic heterocycles. The van der Waals surface area contributed by atoms with E-state index in [0.717, 1.165) is 39.4 Å². The molecule has 0 unspecified atom stereocenters. The number of hydrogen-bond acceptors (Lipinski definition) is 4. The highest BCUT2D eigenvalue weighted by atomic mass is 16.5. The van der Waals surface area contributed by atoms with Crippen LogP contribution < -0.4 is 14.5 Å². The van der Waals surface area contributed by atoms with E-state index in [1.807, 2.05) is 6.20 Å². The van der Waals surface area contributed by atoms with E-state index in [4.69, 9.17) is 9.72 Å². The van der Waals surface area contributed by atoms with Gasteiger partial charge < -0.3 is 14.5 Å². The highest BCUT2D eigenvalue weighted by molar-refractivity contribution is 6.09. The highest BCUT2D eigenvalue weighted by Gasteiger charge is 2.33. The second kappa shape index (κ2) is 15.6. The largest absolute Gasteiger partial charge is 0.457 e. The number of rotatable bonds is 9. The summed E-state index contributed by atoms with van der Waals surface area (Å²) in [4.78, 5) is 9.85. The zero-order chi connectivity index (χ0) is 44.3. The maximum Gasteiger partial charge on any atom is 0.137 e. The van der Waals surface area contributed by atoms with Crippen molar-refractivity contribution in [3.05, 3.63) is 204 Å². The van der Waals surface area contributed by atoms with Crippen LogP contribution in [0.5, 0.6) is 11.5 Å². The lowest BCUT2D eigenvalue weighted by atomic mass is 9.78. The summed E-state index contributed by atoms with van der Waals surface area (Å²) in [5.41, 5.74) is 11.4. The van der Waals surface area contributed by atoms with Crippen LogP contribution in [0.3, 0.4) is 0 Å². The second-order valence-corrected chi connectivity index (χ2v) is 20.3. The lowest BCUT2D eigenvalue weighted by molar-refractivity contribution is 0.477. The SMILES string of the molecule is CC(C)(C)C1=CN(c2cccc(C(C)(C)c3ccccc3)c2)CN1c1cc(Oc2ccc3c4ccccc4n(-c4cc(C(C)(C)c5ccccc5)ccn4)c3c2)cc(C(C)(C)C)c1. The predicted molar refractivity (Wildman–Crippen MR) is 265 cm³/mol.